The molecular formula is C15H21N3O2. The van der Waals surface area contributed by atoms with Gasteiger partial charge in [0.1, 0.15) is 0 Å². The molecule has 2 rings (SSSR count). The molecule has 0 bridgehead atoms. The van der Waals surface area contributed by atoms with Crippen LogP contribution in [0.1, 0.15) is 12.5 Å². The number of aliphatic hydroxyl groups excluding tert-OH is 2. The molecular weight excluding hydrogens is 254 g/mol. The lowest BCUT2D eigenvalue weighted by molar-refractivity contribution is 0.0695. The van der Waals surface area contributed by atoms with Gasteiger partial charge in [0.15, 0.2) is 0 Å². The second-order valence-corrected chi connectivity index (χ2v) is 5.31. The van der Waals surface area contributed by atoms with Crippen LogP contribution < -0.4 is 5.32 Å². The minimum absolute atomic E-state index is 0.0443. The van der Waals surface area contributed by atoms with Crippen LogP contribution in [0.3, 0.4) is 0 Å². The Bertz CT molecular complexity index is 522. The highest BCUT2D eigenvalue weighted by molar-refractivity contribution is 5.40. The Hall–Kier alpha value is -1.69. The molecule has 0 aliphatic carbocycles. The quantitative estimate of drug-likeness (QED) is 0.704. The molecule has 3 N–H and O–H groups in total. The van der Waals surface area contributed by atoms with Crippen LogP contribution in [-0.2, 0) is 6.54 Å². The SMILES string of the molecule is CC(CO)(CO)CNCc1ccccc1-n1cccn1. The normalized spacial score (nSPS) is 11.8. The summed E-state index contributed by atoms with van der Waals surface area (Å²) in [6.07, 6.45) is 3.66. The Kier molecular flexibility index (Phi) is 4.89. The lowest BCUT2D eigenvalue weighted by Gasteiger charge is -2.25. The highest BCUT2D eigenvalue weighted by atomic mass is 16.3. The fourth-order valence-electron chi connectivity index (χ4n) is 1.96. The van der Waals surface area contributed by atoms with Gasteiger partial charge in [-0.2, -0.15) is 5.10 Å². The number of hydrogen-bond donors (Lipinski definition) is 3. The number of benzene rings is 1. The van der Waals surface area contributed by atoms with Crippen molar-refractivity contribution < 1.29 is 10.2 Å². The summed E-state index contributed by atoms with van der Waals surface area (Å²) >= 11 is 0. The molecule has 0 saturated heterocycles. The fraction of sp³-hybridized carbons (Fsp3) is 0.400. The monoisotopic (exact) mass is 275 g/mol. The molecule has 0 fully saturated rings. The van der Waals surface area contributed by atoms with E-state index >= 15 is 0 Å². The fourth-order valence-corrected chi connectivity index (χ4v) is 1.96. The number of rotatable bonds is 7. The first-order chi connectivity index (χ1) is 9.68. The molecule has 5 heteroatoms. The van der Waals surface area contributed by atoms with E-state index in [2.05, 4.69) is 10.4 Å². The van der Waals surface area contributed by atoms with Gasteiger partial charge in [-0.15, -0.1) is 0 Å². The maximum Gasteiger partial charge on any atom is 0.0690 e. The average Bonchev–Trinajstić information content (AvgIpc) is 3.01. The van der Waals surface area contributed by atoms with E-state index in [1.165, 1.54) is 0 Å². The maximum absolute atomic E-state index is 9.27. The van der Waals surface area contributed by atoms with E-state index in [0.29, 0.717) is 13.1 Å². The maximum atomic E-state index is 9.27. The van der Waals surface area contributed by atoms with Crippen molar-refractivity contribution in [2.75, 3.05) is 19.8 Å². The van der Waals surface area contributed by atoms with Crippen molar-refractivity contribution in [1.82, 2.24) is 15.1 Å². The van der Waals surface area contributed by atoms with Crippen molar-refractivity contribution in [2.24, 2.45) is 5.41 Å². The molecule has 108 valence electrons. The molecule has 1 aromatic carbocycles. The summed E-state index contributed by atoms with van der Waals surface area (Å²) in [7, 11) is 0. The second-order valence-electron chi connectivity index (χ2n) is 5.31. The third kappa shape index (κ3) is 3.45. The van der Waals surface area contributed by atoms with Crippen LogP contribution >= 0.6 is 0 Å². The van der Waals surface area contributed by atoms with Crippen LogP contribution in [0, 0.1) is 5.41 Å². The molecule has 0 unspecified atom stereocenters. The Balaban J connectivity index is 2.04. The van der Waals surface area contributed by atoms with Gasteiger partial charge in [-0.25, -0.2) is 4.68 Å². The first-order valence-corrected chi connectivity index (χ1v) is 6.69. The number of aliphatic hydroxyl groups is 2. The molecule has 0 radical (unpaired) electrons. The molecule has 0 aliphatic heterocycles. The first-order valence-electron chi connectivity index (χ1n) is 6.69. The first kappa shape index (κ1) is 14.7. The zero-order chi connectivity index (χ0) is 14.4. The van der Waals surface area contributed by atoms with Gasteiger partial charge < -0.3 is 15.5 Å². The largest absolute Gasteiger partial charge is 0.396 e. The molecule has 0 spiro atoms. The van der Waals surface area contributed by atoms with E-state index in [0.717, 1.165) is 11.3 Å². The van der Waals surface area contributed by atoms with Gasteiger partial charge in [-0.3, -0.25) is 0 Å². The smallest absolute Gasteiger partial charge is 0.0690 e. The summed E-state index contributed by atoms with van der Waals surface area (Å²) in [6.45, 7) is 2.97. The Morgan fingerprint density at radius 2 is 1.95 bits per heavy atom. The van der Waals surface area contributed by atoms with Gasteiger partial charge in [0.25, 0.3) is 0 Å². The van der Waals surface area contributed by atoms with E-state index < -0.39 is 5.41 Å². The summed E-state index contributed by atoms with van der Waals surface area (Å²) in [5, 5.41) is 26.1. The minimum atomic E-state index is -0.499. The summed E-state index contributed by atoms with van der Waals surface area (Å²) in [6, 6.07) is 9.91. The molecule has 2 aromatic rings. The molecule has 1 aromatic heterocycles. The molecule has 0 amide bonds. The summed E-state index contributed by atoms with van der Waals surface area (Å²) in [4.78, 5) is 0. The van der Waals surface area contributed by atoms with E-state index in [4.69, 9.17) is 0 Å². The Morgan fingerprint density at radius 3 is 2.60 bits per heavy atom. The predicted octanol–water partition coefficient (Wildman–Crippen LogP) is 0.953. The zero-order valence-corrected chi connectivity index (χ0v) is 11.7. The summed E-state index contributed by atoms with van der Waals surface area (Å²) in [5.74, 6) is 0. The topological polar surface area (TPSA) is 70.3 Å². The van der Waals surface area contributed by atoms with E-state index in [-0.39, 0.29) is 13.2 Å². The van der Waals surface area contributed by atoms with Gasteiger partial charge in [-0.05, 0) is 17.7 Å². The van der Waals surface area contributed by atoms with Gasteiger partial charge in [-0.1, -0.05) is 25.1 Å². The number of nitrogens with one attached hydrogen (secondary N) is 1. The van der Waals surface area contributed by atoms with Crippen LogP contribution in [0.25, 0.3) is 5.69 Å². The van der Waals surface area contributed by atoms with Crippen molar-refractivity contribution in [3.8, 4) is 5.69 Å². The van der Waals surface area contributed by atoms with Crippen molar-refractivity contribution >= 4 is 0 Å². The second kappa shape index (κ2) is 6.65. The predicted molar refractivity (Wildman–Crippen MR) is 77.5 cm³/mol. The number of para-hydroxylation sites is 1. The van der Waals surface area contributed by atoms with Gasteiger partial charge in [0, 0.05) is 30.9 Å². The third-order valence-corrected chi connectivity index (χ3v) is 3.37. The van der Waals surface area contributed by atoms with E-state index in [1.54, 1.807) is 6.20 Å². The standard InChI is InChI=1S/C15H21N3O2/c1-15(11-19,12-20)10-16-9-13-5-2-3-6-14(13)18-8-4-7-17-18/h2-8,16,19-20H,9-12H2,1H3. The molecule has 5 nitrogen and oxygen atoms in total. The van der Waals surface area contributed by atoms with Crippen molar-refractivity contribution in [2.45, 2.75) is 13.5 Å². The molecule has 0 aliphatic rings. The number of nitrogens with zero attached hydrogens (tertiary/aromatic N) is 2. The highest BCUT2D eigenvalue weighted by Crippen LogP contribution is 2.15. The average molecular weight is 275 g/mol. The van der Waals surface area contributed by atoms with Crippen LogP contribution in [-0.4, -0.2) is 39.8 Å². The highest BCUT2D eigenvalue weighted by Gasteiger charge is 2.21. The molecule has 20 heavy (non-hydrogen) atoms. The van der Waals surface area contributed by atoms with Crippen molar-refractivity contribution in [3.63, 3.8) is 0 Å². The van der Waals surface area contributed by atoms with E-state index in [9.17, 15) is 10.2 Å². The summed E-state index contributed by atoms with van der Waals surface area (Å²) in [5.41, 5.74) is 1.65. The Morgan fingerprint density at radius 1 is 1.20 bits per heavy atom. The van der Waals surface area contributed by atoms with Crippen molar-refractivity contribution in [3.05, 3.63) is 48.3 Å². The van der Waals surface area contributed by atoms with Crippen LogP contribution in [0.4, 0.5) is 0 Å². The summed E-state index contributed by atoms with van der Waals surface area (Å²) < 4.78 is 1.83. The molecule has 0 atom stereocenters. The lowest BCUT2D eigenvalue weighted by Crippen LogP contribution is -2.37. The van der Waals surface area contributed by atoms with Gasteiger partial charge in [0.2, 0.25) is 0 Å². The van der Waals surface area contributed by atoms with Gasteiger partial charge >= 0.3 is 0 Å². The van der Waals surface area contributed by atoms with Crippen LogP contribution in [0.2, 0.25) is 0 Å². The molecule has 0 saturated carbocycles. The van der Waals surface area contributed by atoms with Crippen LogP contribution in [0.15, 0.2) is 42.7 Å². The lowest BCUT2D eigenvalue weighted by atomic mass is 9.93. The minimum Gasteiger partial charge on any atom is -0.396 e. The van der Waals surface area contributed by atoms with Gasteiger partial charge in [0.05, 0.1) is 18.9 Å². The third-order valence-electron chi connectivity index (χ3n) is 3.37. The number of hydrogen-bond acceptors (Lipinski definition) is 4. The van der Waals surface area contributed by atoms with Crippen molar-refractivity contribution in [1.29, 1.82) is 0 Å². The zero-order valence-electron chi connectivity index (χ0n) is 11.7. The molecule has 1 heterocycles. The Labute approximate surface area is 118 Å². The van der Waals surface area contributed by atoms with E-state index in [1.807, 2.05) is 48.1 Å². The number of aromatic nitrogens is 2. The van der Waals surface area contributed by atoms with Crippen LogP contribution in [0.5, 0.6) is 0 Å².